The Morgan fingerprint density at radius 1 is 1.04 bits per heavy atom. The molecule has 0 atom stereocenters. The minimum Gasteiger partial charge on any atom is -0.292 e. The van der Waals surface area contributed by atoms with Crippen LogP contribution in [0.3, 0.4) is 0 Å². The third kappa shape index (κ3) is 2.87. The van der Waals surface area contributed by atoms with E-state index in [1.54, 1.807) is 18.2 Å². The molecule has 0 saturated carbocycles. The van der Waals surface area contributed by atoms with Gasteiger partial charge in [-0.15, -0.1) is 0 Å². The molecule has 2 aromatic carbocycles. The van der Waals surface area contributed by atoms with Crippen molar-refractivity contribution in [3.8, 4) is 0 Å². The van der Waals surface area contributed by atoms with Gasteiger partial charge in [0, 0.05) is 5.56 Å². The van der Waals surface area contributed by atoms with Gasteiger partial charge in [-0.2, -0.15) is 0 Å². The summed E-state index contributed by atoms with van der Waals surface area (Å²) >= 11 is 0. The summed E-state index contributed by atoms with van der Waals surface area (Å²) in [6.45, 7) is 3.45. The molecule has 0 radical (unpaired) electrons. The summed E-state index contributed by atoms with van der Waals surface area (Å²) in [4.78, 5) is 25.2. The highest BCUT2D eigenvalue weighted by Gasteiger charge is 2.41. The SMILES string of the molecule is CCc1ccc(CC)c(C(=O)CN2C(=O)c3ccccc3S2(=O)=O)c1. The van der Waals surface area contributed by atoms with Crippen LogP contribution in [0.1, 0.15) is 45.7 Å². The van der Waals surface area contributed by atoms with Gasteiger partial charge in [-0.1, -0.05) is 38.1 Å². The van der Waals surface area contributed by atoms with E-state index in [2.05, 4.69) is 0 Å². The van der Waals surface area contributed by atoms with Gasteiger partial charge in [-0.25, -0.2) is 12.7 Å². The highest BCUT2D eigenvalue weighted by molar-refractivity contribution is 7.90. The largest absolute Gasteiger partial charge is 0.292 e. The maximum atomic E-state index is 12.8. The number of carbonyl (C=O) groups is 2. The maximum absolute atomic E-state index is 12.8. The van der Waals surface area contributed by atoms with Crippen molar-refractivity contribution in [3.05, 3.63) is 64.7 Å². The van der Waals surface area contributed by atoms with Crippen LogP contribution >= 0.6 is 0 Å². The summed E-state index contributed by atoms with van der Waals surface area (Å²) in [5, 5.41) is 0. The zero-order valence-electron chi connectivity index (χ0n) is 14.2. The number of rotatable bonds is 5. The van der Waals surface area contributed by atoms with Crippen molar-refractivity contribution in [1.82, 2.24) is 4.31 Å². The van der Waals surface area contributed by atoms with E-state index in [-0.39, 0.29) is 16.2 Å². The number of fused-ring (bicyclic) bond motifs is 1. The third-order valence-electron chi connectivity index (χ3n) is 4.46. The number of aryl methyl sites for hydroxylation is 2. The topological polar surface area (TPSA) is 71.5 Å². The lowest BCUT2D eigenvalue weighted by molar-refractivity contribution is 0.0820. The second-order valence-electron chi connectivity index (χ2n) is 5.93. The quantitative estimate of drug-likeness (QED) is 0.772. The molecule has 0 bridgehead atoms. The number of nitrogens with zero attached hydrogens (tertiary/aromatic N) is 1. The van der Waals surface area contributed by atoms with Crippen LogP contribution in [-0.2, 0) is 22.9 Å². The first-order chi connectivity index (χ1) is 11.9. The molecular weight excluding hydrogens is 338 g/mol. The molecule has 0 saturated heterocycles. The zero-order chi connectivity index (χ0) is 18.2. The number of Topliss-reactive ketones (excluding diaryl/α,β-unsaturated/α-hetero) is 1. The smallest absolute Gasteiger partial charge is 0.269 e. The van der Waals surface area contributed by atoms with Gasteiger partial charge in [-0.3, -0.25) is 9.59 Å². The molecule has 5 nitrogen and oxygen atoms in total. The molecule has 0 spiro atoms. The van der Waals surface area contributed by atoms with E-state index in [4.69, 9.17) is 0 Å². The molecule has 0 N–H and O–H groups in total. The van der Waals surface area contributed by atoms with E-state index in [1.165, 1.54) is 12.1 Å². The molecule has 1 amide bonds. The van der Waals surface area contributed by atoms with Gasteiger partial charge in [0.05, 0.1) is 5.56 Å². The van der Waals surface area contributed by atoms with Gasteiger partial charge in [-0.05, 0) is 42.2 Å². The number of amides is 1. The van der Waals surface area contributed by atoms with E-state index in [9.17, 15) is 18.0 Å². The molecular formula is C19H19NO4S. The fraction of sp³-hybridized carbons (Fsp3) is 0.263. The Morgan fingerprint density at radius 2 is 1.76 bits per heavy atom. The predicted molar refractivity (Wildman–Crippen MR) is 94.2 cm³/mol. The van der Waals surface area contributed by atoms with Crippen molar-refractivity contribution in [3.63, 3.8) is 0 Å². The number of ketones is 1. The normalized spacial score (nSPS) is 15.3. The molecule has 6 heteroatoms. The van der Waals surface area contributed by atoms with Gasteiger partial charge >= 0.3 is 0 Å². The van der Waals surface area contributed by atoms with Crippen LogP contribution in [0.4, 0.5) is 0 Å². The average Bonchev–Trinajstić information content (AvgIpc) is 2.82. The summed E-state index contributed by atoms with van der Waals surface area (Å²) in [6, 6.07) is 11.7. The number of sulfonamides is 1. The second kappa shape index (κ2) is 6.44. The summed E-state index contributed by atoms with van der Waals surface area (Å²) in [6.07, 6.45) is 1.43. The van der Waals surface area contributed by atoms with E-state index in [1.807, 2.05) is 26.0 Å². The number of benzene rings is 2. The van der Waals surface area contributed by atoms with E-state index < -0.39 is 22.5 Å². The standard InChI is InChI=1S/C19H19NO4S/c1-3-13-9-10-14(4-2)16(11-13)17(21)12-20-19(22)15-7-5-6-8-18(15)25(20,23)24/h5-11H,3-4,12H2,1-2H3. The Labute approximate surface area is 147 Å². The second-order valence-corrected chi connectivity index (χ2v) is 7.77. The lowest BCUT2D eigenvalue weighted by Gasteiger charge is -2.16. The van der Waals surface area contributed by atoms with Gasteiger partial charge in [0.15, 0.2) is 5.78 Å². The fourth-order valence-corrected chi connectivity index (χ4v) is 4.54. The number of hydrogen-bond acceptors (Lipinski definition) is 4. The molecule has 0 aromatic heterocycles. The Morgan fingerprint density at radius 3 is 2.40 bits per heavy atom. The number of carbonyl (C=O) groups excluding carboxylic acids is 2. The molecule has 130 valence electrons. The Bertz CT molecular complexity index is 963. The first-order valence-corrected chi connectivity index (χ1v) is 9.65. The van der Waals surface area contributed by atoms with Crippen molar-refractivity contribution in [2.24, 2.45) is 0 Å². The molecule has 0 aliphatic carbocycles. The highest BCUT2D eigenvalue weighted by atomic mass is 32.2. The Kier molecular flexibility index (Phi) is 4.47. The van der Waals surface area contributed by atoms with Crippen molar-refractivity contribution < 1.29 is 18.0 Å². The minimum absolute atomic E-state index is 0.0363. The highest BCUT2D eigenvalue weighted by Crippen LogP contribution is 2.30. The summed E-state index contributed by atoms with van der Waals surface area (Å²) < 4.78 is 25.9. The van der Waals surface area contributed by atoms with Crippen LogP contribution in [0.25, 0.3) is 0 Å². The van der Waals surface area contributed by atoms with Gasteiger partial charge in [0.2, 0.25) is 0 Å². The van der Waals surface area contributed by atoms with Crippen molar-refractivity contribution in [2.75, 3.05) is 6.54 Å². The van der Waals surface area contributed by atoms with Crippen molar-refractivity contribution in [2.45, 2.75) is 31.6 Å². The third-order valence-corrected chi connectivity index (χ3v) is 6.25. The van der Waals surface area contributed by atoms with Crippen molar-refractivity contribution in [1.29, 1.82) is 0 Å². The van der Waals surface area contributed by atoms with Gasteiger partial charge in [0.25, 0.3) is 15.9 Å². The van der Waals surface area contributed by atoms with Crippen LogP contribution < -0.4 is 0 Å². The van der Waals surface area contributed by atoms with E-state index in [0.29, 0.717) is 16.3 Å². The van der Waals surface area contributed by atoms with E-state index in [0.717, 1.165) is 17.5 Å². The summed E-state index contributed by atoms with van der Waals surface area (Å²) in [5.41, 5.74) is 2.46. The predicted octanol–water partition coefficient (Wildman–Crippen LogP) is 2.84. The Hall–Kier alpha value is -2.47. The fourth-order valence-electron chi connectivity index (χ4n) is 3.01. The van der Waals surface area contributed by atoms with Crippen LogP contribution in [0.15, 0.2) is 47.4 Å². The molecule has 2 aromatic rings. The van der Waals surface area contributed by atoms with Crippen LogP contribution in [0.5, 0.6) is 0 Å². The van der Waals surface area contributed by atoms with Crippen LogP contribution in [0.2, 0.25) is 0 Å². The molecule has 1 aliphatic rings. The molecule has 3 rings (SSSR count). The monoisotopic (exact) mass is 357 g/mol. The molecule has 25 heavy (non-hydrogen) atoms. The Balaban J connectivity index is 1.96. The van der Waals surface area contributed by atoms with Gasteiger partial charge < -0.3 is 0 Å². The van der Waals surface area contributed by atoms with Crippen molar-refractivity contribution >= 4 is 21.7 Å². The summed E-state index contributed by atoms with van der Waals surface area (Å²) in [5.74, 6) is -1.01. The first kappa shape index (κ1) is 17.4. The molecule has 1 heterocycles. The van der Waals surface area contributed by atoms with Crippen LogP contribution in [0, 0.1) is 0 Å². The van der Waals surface area contributed by atoms with E-state index >= 15 is 0 Å². The molecule has 0 fully saturated rings. The lowest BCUT2D eigenvalue weighted by atomic mass is 9.97. The molecule has 1 aliphatic heterocycles. The zero-order valence-corrected chi connectivity index (χ0v) is 15.0. The number of hydrogen-bond donors (Lipinski definition) is 0. The summed E-state index contributed by atoms with van der Waals surface area (Å²) in [7, 11) is -3.97. The average molecular weight is 357 g/mol. The maximum Gasteiger partial charge on any atom is 0.269 e. The first-order valence-electron chi connectivity index (χ1n) is 8.21. The lowest BCUT2D eigenvalue weighted by Crippen LogP contribution is -2.35. The molecule has 0 unspecified atom stereocenters. The van der Waals surface area contributed by atoms with Crippen LogP contribution in [-0.4, -0.2) is 31.0 Å². The minimum atomic E-state index is -3.97. The van der Waals surface area contributed by atoms with Gasteiger partial charge in [0.1, 0.15) is 11.4 Å².